The van der Waals surface area contributed by atoms with Crippen molar-refractivity contribution in [3.63, 3.8) is 0 Å². The quantitative estimate of drug-likeness (QED) is 0.341. The fourth-order valence-electron chi connectivity index (χ4n) is 4.90. The van der Waals surface area contributed by atoms with Gasteiger partial charge in [0.15, 0.2) is 10.1 Å². The molecule has 2 aromatic carbocycles. The van der Waals surface area contributed by atoms with Crippen molar-refractivity contribution in [1.29, 1.82) is 5.26 Å². The highest BCUT2D eigenvalue weighted by Crippen LogP contribution is 2.48. The number of nitrogens with zero attached hydrogens (tertiary/aromatic N) is 5. The SMILES string of the molecule is Cn1nccc1S(=O)(=O)NCc1ccc(N2C(=S)N(c3ccc(C#N)c(C(F)(F)F)c3)C(=O)C23CCC3)cc1F. The molecule has 1 aliphatic carbocycles. The number of hydrogen-bond donors (Lipinski definition) is 1. The maximum Gasteiger partial charge on any atom is 0.417 e. The number of anilines is 2. The largest absolute Gasteiger partial charge is 0.417 e. The Morgan fingerprint density at radius 2 is 1.85 bits per heavy atom. The smallest absolute Gasteiger partial charge is 0.303 e. The van der Waals surface area contributed by atoms with Gasteiger partial charge in [-0.05, 0) is 67.9 Å². The lowest BCUT2D eigenvalue weighted by Crippen LogP contribution is -2.55. The number of nitrogens with one attached hydrogen (secondary N) is 1. The molecule has 9 nitrogen and oxygen atoms in total. The molecule has 1 aromatic heterocycles. The fraction of sp³-hybridized carbons (Fsp3) is 0.280. The molecule has 15 heteroatoms. The number of carbonyl (C=O) groups excluding carboxylic acids is 1. The molecule has 1 spiro atoms. The van der Waals surface area contributed by atoms with Gasteiger partial charge in [0.2, 0.25) is 0 Å². The number of aryl methyl sites for hydroxylation is 1. The summed E-state index contributed by atoms with van der Waals surface area (Å²) in [4.78, 5) is 16.0. The molecule has 1 aliphatic heterocycles. The van der Waals surface area contributed by atoms with Crippen LogP contribution in [0, 0.1) is 17.1 Å². The Hall–Kier alpha value is -3.87. The van der Waals surface area contributed by atoms with E-state index in [-0.39, 0.29) is 33.6 Å². The second-order valence-electron chi connectivity index (χ2n) is 9.38. The van der Waals surface area contributed by atoms with Crippen LogP contribution >= 0.6 is 12.2 Å². The zero-order valence-electron chi connectivity index (χ0n) is 20.7. The number of aromatic nitrogens is 2. The molecule has 0 bridgehead atoms. The molecule has 40 heavy (non-hydrogen) atoms. The van der Waals surface area contributed by atoms with Crippen LogP contribution in [0.2, 0.25) is 0 Å². The van der Waals surface area contributed by atoms with Gasteiger partial charge >= 0.3 is 6.18 Å². The van der Waals surface area contributed by atoms with Gasteiger partial charge in [-0.1, -0.05) is 6.07 Å². The summed E-state index contributed by atoms with van der Waals surface area (Å²) in [5.41, 5.74) is -2.93. The molecule has 0 atom stereocenters. The number of rotatable bonds is 6. The monoisotopic (exact) mass is 592 g/mol. The summed E-state index contributed by atoms with van der Waals surface area (Å²) < 4.78 is 84.5. The first-order chi connectivity index (χ1) is 18.8. The van der Waals surface area contributed by atoms with E-state index in [1.807, 2.05) is 0 Å². The molecular weight excluding hydrogens is 572 g/mol. The van der Waals surface area contributed by atoms with Gasteiger partial charge in [0.25, 0.3) is 15.9 Å². The highest BCUT2D eigenvalue weighted by Gasteiger charge is 2.59. The van der Waals surface area contributed by atoms with Crippen molar-refractivity contribution in [2.45, 2.75) is 42.5 Å². The summed E-state index contributed by atoms with van der Waals surface area (Å²) in [5, 5.41) is 12.7. The van der Waals surface area contributed by atoms with Crippen LogP contribution in [0.1, 0.15) is 36.0 Å². The Balaban J connectivity index is 1.46. The summed E-state index contributed by atoms with van der Waals surface area (Å²) in [6.45, 7) is -0.369. The number of benzene rings is 2. The van der Waals surface area contributed by atoms with Crippen LogP contribution in [0.3, 0.4) is 0 Å². The molecule has 1 N–H and O–H groups in total. The maximum absolute atomic E-state index is 15.2. The van der Waals surface area contributed by atoms with Crippen molar-refractivity contribution in [3.8, 4) is 6.07 Å². The number of amides is 1. The molecule has 2 heterocycles. The third-order valence-corrected chi connectivity index (χ3v) is 8.92. The van der Waals surface area contributed by atoms with Crippen molar-refractivity contribution >= 4 is 44.6 Å². The average molecular weight is 593 g/mol. The van der Waals surface area contributed by atoms with E-state index >= 15 is 4.39 Å². The maximum atomic E-state index is 15.2. The van der Waals surface area contributed by atoms with Crippen molar-refractivity contribution < 1.29 is 30.8 Å². The first-order valence-corrected chi connectivity index (χ1v) is 13.8. The Labute approximate surface area is 231 Å². The molecule has 0 unspecified atom stereocenters. The van der Waals surface area contributed by atoms with Crippen LogP contribution in [0.5, 0.6) is 0 Å². The molecule has 1 saturated heterocycles. The van der Waals surface area contributed by atoms with E-state index < -0.39 is 44.6 Å². The summed E-state index contributed by atoms with van der Waals surface area (Å²) >= 11 is 5.55. The number of thiocarbonyl (C=S) groups is 1. The number of carbonyl (C=O) groups is 1. The van der Waals surface area contributed by atoms with Gasteiger partial charge in [-0.2, -0.15) is 23.5 Å². The molecule has 1 saturated carbocycles. The van der Waals surface area contributed by atoms with Crippen molar-refractivity contribution in [2.24, 2.45) is 7.05 Å². The molecule has 3 aromatic rings. The predicted octanol–water partition coefficient (Wildman–Crippen LogP) is 3.99. The molecule has 1 amide bonds. The van der Waals surface area contributed by atoms with Crippen molar-refractivity contribution in [1.82, 2.24) is 14.5 Å². The first kappa shape index (κ1) is 27.7. The minimum atomic E-state index is -4.84. The second-order valence-corrected chi connectivity index (χ2v) is 11.5. The van der Waals surface area contributed by atoms with Crippen LogP contribution in [-0.2, 0) is 34.6 Å². The van der Waals surface area contributed by atoms with Crippen LogP contribution in [0.25, 0.3) is 0 Å². The number of alkyl halides is 3. The minimum Gasteiger partial charge on any atom is -0.303 e. The van der Waals surface area contributed by atoms with Gasteiger partial charge in [-0.25, -0.2) is 17.5 Å². The van der Waals surface area contributed by atoms with Crippen molar-refractivity contribution in [2.75, 3.05) is 9.80 Å². The summed E-state index contributed by atoms with van der Waals surface area (Å²) in [6, 6.07) is 9.62. The Bertz CT molecular complexity index is 1690. The van der Waals surface area contributed by atoms with Gasteiger partial charge in [-0.15, -0.1) is 0 Å². The molecule has 0 radical (unpaired) electrons. The van der Waals surface area contributed by atoms with Gasteiger partial charge in [0.05, 0.1) is 29.1 Å². The normalized spacial score (nSPS) is 16.9. The topological polar surface area (TPSA) is 111 Å². The summed E-state index contributed by atoms with van der Waals surface area (Å²) in [6.07, 6.45) is -2.18. The van der Waals surface area contributed by atoms with E-state index in [0.29, 0.717) is 25.3 Å². The minimum absolute atomic E-state index is 0.0207. The third-order valence-electron chi connectivity index (χ3n) is 7.08. The predicted molar refractivity (Wildman–Crippen MR) is 139 cm³/mol. The van der Waals surface area contributed by atoms with Crippen LogP contribution < -0.4 is 14.5 Å². The van der Waals surface area contributed by atoms with Crippen LogP contribution in [0.15, 0.2) is 53.7 Å². The number of nitriles is 1. The Kier molecular flexibility index (Phi) is 6.68. The van der Waals surface area contributed by atoms with E-state index in [1.165, 1.54) is 48.5 Å². The molecule has 208 valence electrons. The Morgan fingerprint density at radius 3 is 2.40 bits per heavy atom. The number of sulfonamides is 1. The van der Waals surface area contributed by atoms with Crippen LogP contribution in [0.4, 0.5) is 28.9 Å². The molecule has 2 aliphatic rings. The van der Waals surface area contributed by atoms with E-state index in [1.54, 1.807) is 0 Å². The lowest BCUT2D eigenvalue weighted by Gasteiger charge is -2.43. The van der Waals surface area contributed by atoms with E-state index in [0.717, 1.165) is 21.7 Å². The zero-order chi connectivity index (χ0) is 29.0. The van der Waals surface area contributed by atoms with E-state index in [2.05, 4.69) is 9.82 Å². The standard InChI is InChI=1S/C25H20F4N6O3S2/c1-33-21(7-10-31-33)40(37,38)32-14-16-4-6-18(12-20(16)26)35-23(39)34(22(36)24(35)8-2-9-24)17-5-3-15(13-30)19(11-17)25(27,28)29/h3-7,10-12,32H,2,8-9,14H2,1H3. The third kappa shape index (κ3) is 4.41. The highest BCUT2D eigenvalue weighted by atomic mass is 32.2. The van der Waals surface area contributed by atoms with Crippen LogP contribution in [-0.4, -0.2) is 34.8 Å². The lowest BCUT2D eigenvalue weighted by molar-refractivity contribution is -0.137. The number of halogens is 4. The first-order valence-electron chi connectivity index (χ1n) is 11.9. The van der Waals surface area contributed by atoms with Crippen molar-refractivity contribution in [3.05, 3.63) is 71.2 Å². The van der Waals surface area contributed by atoms with Gasteiger partial charge in [0, 0.05) is 24.8 Å². The highest BCUT2D eigenvalue weighted by molar-refractivity contribution is 7.89. The van der Waals surface area contributed by atoms with Gasteiger partial charge in [0.1, 0.15) is 11.4 Å². The fourth-order valence-corrected chi connectivity index (χ4v) is 6.50. The van der Waals surface area contributed by atoms with Gasteiger partial charge < -0.3 is 4.90 Å². The summed E-state index contributed by atoms with van der Waals surface area (Å²) in [5.74, 6) is -1.32. The van der Waals surface area contributed by atoms with E-state index in [9.17, 15) is 26.4 Å². The van der Waals surface area contributed by atoms with E-state index in [4.69, 9.17) is 17.5 Å². The number of hydrogen-bond acceptors (Lipinski definition) is 6. The van der Waals surface area contributed by atoms with Gasteiger partial charge in [-0.3, -0.25) is 14.4 Å². The Morgan fingerprint density at radius 1 is 1.15 bits per heavy atom. The average Bonchev–Trinajstić information content (AvgIpc) is 3.41. The molecular formula is C25H20F4N6O3S2. The zero-order valence-corrected chi connectivity index (χ0v) is 22.4. The lowest BCUT2D eigenvalue weighted by atomic mass is 9.75. The second kappa shape index (κ2) is 9.65. The molecule has 5 rings (SSSR count). The molecule has 2 fully saturated rings. The summed E-state index contributed by atoms with van der Waals surface area (Å²) in [7, 11) is -2.52.